The Balaban J connectivity index is 1.21. The van der Waals surface area contributed by atoms with E-state index in [1.165, 1.54) is 6.33 Å². The normalized spacial score (nSPS) is 12.9. The van der Waals surface area contributed by atoms with E-state index in [4.69, 9.17) is 5.73 Å². The van der Waals surface area contributed by atoms with Crippen molar-refractivity contribution in [1.82, 2.24) is 39.6 Å². The van der Waals surface area contributed by atoms with Gasteiger partial charge in [0.25, 0.3) is 0 Å². The Labute approximate surface area is 212 Å². The number of nitrogen functional groups attached to an aromatic ring is 1. The summed E-state index contributed by atoms with van der Waals surface area (Å²) in [5.41, 5.74) is 10.1. The minimum Gasteiger partial charge on any atom is -0.383 e. The average molecular weight is 496 g/mol. The zero-order valence-corrected chi connectivity index (χ0v) is 20.2. The van der Waals surface area contributed by atoms with Gasteiger partial charge in [-0.05, 0) is 36.2 Å². The zero-order chi connectivity index (χ0) is 25.4. The third-order valence-electron chi connectivity index (χ3n) is 6.27. The van der Waals surface area contributed by atoms with E-state index in [1.54, 1.807) is 23.1 Å². The molecule has 186 valence electrons. The number of aryl methyl sites for hydroxylation is 1. The molecule has 0 bridgehead atoms. The van der Waals surface area contributed by atoms with Crippen LogP contribution in [0.3, 0.4) is 0 Å². The summed E-state index contributed by atoms with van der Waals surface area (Å²) in [6, 6.07) is 9.12. The first kappa shape index (κ1) is 22.5. The van der Waals surface area contributed by atoms with Gasteiger partial charge in [-0.2, -0.15) is 5.10 Å². The quantitative estimate of drug-likeness (QED) is 0.326. The second-order valence-corrected chi connectivity index (χ2v) is 8.83. The second kappa shape index (κ2) is 9.22. The molecule has 6 rings (SSSR count). The maximum absolute atomic E-state index is 12.5. The van der Waals surface area contributed by atoms with Crippen LogP contribution in [0, 0.1) is 0 Å². The molecule has 0 atom stereocenters. The smallest absolute Gasteiger partial charge is 0.320 e. The van der Waals surface area contributed by atoms with Gasteiger partial charge in [-0.25, -0.2) is 19.7 Å². The number of nitrogens with zero attached hydrogens (tertiary/aromatic N) is 8. The molecule has 1 fully saturated rings. The van der Waals surface area contributed by atoms with E-state index in [0.29, 0.717) is 17.3 Å². The zero-order valence-electron chi connectivity index (χ0n) is 20.2. The third kappa shape index (κ3) is 4.40. The number of anilines is 3. The molecule has 12 nitrogen and oxygen atoms in total. The van der Waals surface area contributed by atoms with Crippen molar-refractivity contribution < 1.29 is 4.79 Å². The van der Waals surface area contributed by atoms with Crippen molar-refractivity contribution in [1.29, 1.82) is 0 Å². The maximum Gasteiger partial charge on any atom is 0.320 e. The van der Waals surface area contributed by atoms with Crippen LogP contribution in [0.4, 0.5) is 22.2 Å². The molecule has 0 radical (unpaired) electrons. The number of nitrogens with two attached hydrogens (primary N) is 1. The van der Waals surface area contributed by atoms with Crippen LogP contribution in [-0.2, 0) is 13.6 Å². The standard InChI is InChI=1S/C25H25N11O/c1-34-9-6-19(33-34)18-14-36(24-22(18)23(26)29-15-30-24)17-10-16(11-27-13-17)12-28-25(37)32-20-4-2-5-21(31-20)35-7-3-8-35/h2,4-6,9-11,13-15H,3,7-8,12H2,1H3,(H2,26,29,30)(H2,28,31,32,37). The van der Waals surface area contributed by atoms with Crippen LogP contribution in [0.5, 0.6) is 0 Å². The monoisotopic (exact) mass is 495 g/mol. The molecule has 1 saturated heterocycles. The van der Waals surface area contributed by atoms with Crippen LogP contribution < -0.4 is 21.3 Å². The molecular weight excluding hydrogens is 470 g/mol. The predicted molar refractivity (Wildman–Crippen MR) is 140 cm³/mol. The average Bonchev–Trinajstić information content (AvgIpc) is 3.47. The Bertz CT molecular complexity index is 1600. The summed E-state index contributed by atoms with van der Waals surface area (Å²) in [5.74, 6) is 1.75. The van der Waals surface area contributed by atoms with Crippen LogP contribution in [0.2, 0.25) is 0 Å². The van der Waals surface area contributed by atoms with Crippen molar-refractivity contribution in [2.45, 2.75) is 13.0 Å². The predicted octanol–water partition coefficient (Wildman–Crippen LogP) is 2.72. The molecule has 0 aliphatic carbocycles. The molecule has 37 heavy (non-hydrogen) atoms. The first-order valence-corrected chi connectivity index (χ1v) is 11.9. The Hall–Kier alpha value is -5.00. The molecule has 0 spiro atoms. The minimum absolute atomic E-state index is 0.280. The van der Waals surface area contributed by atoms with Gasteiger partial charge < -0.3 is 16.0 Å². The molecule has 1 aliphatic heterocycles. The van der Waals surface area contributed by atoms with E-state index in [1.807, 2.05) is 48.3 Å². The van der Waals surface area contributed by atoms with Gasteiger partial charge in [-0.3, -0.25) is 19.5 Å². The van der Waals surface area contributed by atoms with Crippen molar-refractivity contribution in [2.24, 2.45) is 7.05 Å². The number of urea groups is 1. The van der Waals surface area contributed by atoms with E-state index in [0.717, 1.165) is 53.2 Å². The summed E-state index contributed by atoms with van der Waals surface area (Å²) in [6.45, 7) is 2.26. The highest BCUT2D eigenvalue weighted by molar-refractivity contribution is 6.00. The van der Waals surface area contributed by atoms with Crippen LogP contribution in [0.15, 0.2) is 61.4 Å². The number of rotatable bonds is 6. The van der Waals surface area contributed by atoms with Gasteiger partial charge in [-0.1, -0.05) is 6.07 Å². The van der Waals surface area contributed by atoms with Gasteiger partial charge in [0.15, 0.2) is 5.65 Å². The van der Waals surface area contributed by atoms with Gasteiger partial charge in [-0.15, -0.1) is 0 Å². The molecule has 1 aliphatic rings. The Morgan fingerprint density at radius 3 is 2.84 bits per heavy atom. The van der Waals surface area contributed by atoms with Crippen molar-refractivity contribution in [3.05, 3.63) is 67.0 Å². The van der Waals surface area contributed by atoms with Crippen LogP contribution >= 0.6 is 0 Å². The summed E-state index contributed by atoms with van der Waals surface area (Å²) in [5, 5.41) is 10.9. The summed E-state index contributed by atoms with van der Waals surface area (Å²) in [7, 11) is 1.86. The molecule has 12 heteroatoms. The maximum atomic E-state index is 12.5. The molecular formula is C25H25N11O. The third-order valence-corrected chi connectivity index (χ3v) is 6.27. The van der Waals surface area contributed by atoms with Gasteiger partial charge in [0.1, 0.15) is 23.8 Å². The highest BCUT2D eigenvalue weighted by atomic mass is 16.2. The Morgan fingerprint density at radius 2 is 2.05 bits per heavy atom. The number of hydrogen-bond donors (Lipinski definition) is 3. The Morgan fingerprint density at radius 1 is 1.16 bits per heavy atom. The first-order chi connectivity index (χ1) is 18.0. The lowest BCUT2D eigenvalue weighted by Gasteiger charge is -2.32. The van der Waals surface area contributed by atoms with E-state index in [9.17, 15) is 4.79 Å². The lowest BCUT2D eigenvalue weighted by atomic mass is 10.2. The number of amides is 2. The van der Waals surface area contributed by atoms with E-state index in [2.05, 4.69) is 40.6 Å². The summed E-state index contributed by atoms with van der Waals surface area (Å²) in [4.78, 5) is 32.2. The van der Waals surface area contributed by atoms with Crippen molar-refractivity contribution >= 4 is 34.5 Å². The highest BCUT2D eigenvalue weighted by Gasteiger charge is 2.18. The summed E-state index contributed by atoms with van der Waals surface area (Å²) < 4.78 is 3.63. The highest BCUT2D eigenvalue weighted by Crippen LogP contribution is 2.33. The number of aromatic nitrogens is 7. The Kier molecular flexibility index (Phi) is 5.60. The van der Waals surface area contributed by atoms with Gasteiger partial charge in [0.2, 0.25) is 0 Å². The summed E-state index contributed by atoms with van der Waals surface area (Å²) >= 11 is 0. The van der Waals surface area contributed by atoms with Gasteiger partial charge in [0, 0.05) is 50.8 Å². The fourth-order valence-electron chi connectivity index (χ4n) is 4.29. The topological polar surface area (TPSA) is 145 Å². The van der Waals surface area contributed by atoms with Crippen molar-refractivity contribution in [2.75, 3.05) is 29.0 Å². The van der Waals surface area contributed by atoms with Crippen molar-refractivity contribution in [3.8, 4) is 16.9 Å². The summed E-state index contributed by atoms with van der Waals surface area (Å²) in [6.07, 6.45) is 9.83. The van der Waals surface area contributed by atoms with Gasteiger partial charge in [0.05, 0.1) is 23.0 Å². The SMILES string of the molecule is Cn1ccc(-c2cn(-c3cncc(CNC(=O)Nc4cccc(N5CCC5)n4)c3)c3ncnc(N)c23)n1. The van der Waals surface area contributed by atoms with Crippen LogP contribution in [0.1, 0.15) is 12.0 Å². The lowest BCUT2D eigenvalue weighted by Crippen LogP contribution is -2.37. The largest absolute Gasteiger partial charge is 0.383 e. The van der Waals surface area contributed by atoms with Gasteiger partial charge >= 0.3 is 6.03 Å². The fourth-order valence-corrected chi connectivity index (χ4v) is 4.29. The molecule has 5 aromatic heterocycles. The number of pyridine rings is 2. The molecule has 6 heterocycles. The number of hydrogen-bond acceptors (Lipinski definition) is 8. The second-order valence-electron chi connectivity index (χ2n) is 8.83. The first-order valence-electron chi connectivity index (χ1n) is 11.9. The molecule has 5 aromatic rings. The number of carbonyl (C=O) groups is 1. The molecule has 0 unspecified atom stereocenters. The number of nitrogens with one attached hydrogen (secondary N) is 2. The fraction of sp³-hybridized carbons (Fsp3) is 0.200. The molecule has 2 amide bonds. The molecule has 0 saturated carbocycles. The van der Waals surface area contributed by atoms with E-state index in [-0.39, 0.29) is 12.6 Å². The molecule has 4 N–H and O–H groups in total. The number of carbonyl (C=O) groups excluding carboxylic acids is 1. The lowest BCUT2D eigenvalue weighted by molar-refractivity contribution is 0.251. The molecule has 0 aromatic carbocycles. The van der Waals surface area contributed by atoms with Crippen molar-refractivity contribution in [3.63, 3.8) is 0 Å². The van der Waals surface area contributed by atoms with Crippen LogP contribution in [-0.4, -0.2) is 53.4 Å². The van der Waals surface area contributed by atoms with Crippen LogP contribution in [0.25, 0.3) is 28.0 Å². The minimum atomic E-state index is -0.344. The van der Waals surface area contributed by atoms with E-state index < -0.39 is 0 Å². The van der Waals surface area contributed by atoms with E-state index >= 15 is 0 Å². The number of fused-ring (bicyclic) bond motifs is 1.